The van der Waals surface area contributed by atoms with Gasteiger partial charge in [0.2, 0.25) is 0 Å². The highest BCUT2D eigenvalue weighted by Crippen LogP contribution is 2.24. The van der Waals surface area contributed by atoms with Gasteiger partial charge in [-0.25, -0.2) is 4.79 Å². The molecule has 136 valence electrons. The molecule has 0 fully saturated rings. The predicted molar refractivity (Wildman–Crippen MR) is 94.6 cm³/mol. The number of esters is 1. The number of ketones is 1. The van der Waals surface area contributed by atoms with Crippen LogP contribution in [-0.2, 0) is 9.53 Å². The Morgan fingerprint density at radius 1 is 1.08 bits per heavy atom. The van der Waals surface area contributed by atoms with Gasteiger partial charge >= 0.3 is 5.97 Å². The van der Waals surface area contributed by atoms with Crippen molar-refractivity contribution in [1.82, 2.24) is 0 Å². The Morgan fingerprint density at radius 3 is 2.31 bits per heavy atom. The van der Waals surface area contributed by atoms with Crippen molar-refractivity contribution in [3.63, 3.8) is 0 Å². The molecule has 0 aliphatic rings. The summed E-state index contributed by atoms with van der Waals surface area (Å²) in [5.74, 6) is -1.38. The highest BCUT2D eigenvalue weighted by molar-refractivity contribution is 5.99. The second kappa shape index (κ2) is 8.15. The molecular weight excluding hydrogens is 338 g/mol. The third-order valence-electron chi connectivity index (χ3n) is 3.64. The smallest absolute Gasteiger partial charge is 0.342 e. The van der Waals surface area contributed by atoms with Crippen LogP contribution in [0.3, 0.4) is 0 Å². The van der Waals surface area contributed by atoms with Crippen molar-refractivity contribution in [3.05, 3.63) is 53.6 Å². The van der Waals surface area contributed by atoms with Gasteiger partial charge in [-0.05, 0) is 56.3 Å². The van der Waals surface area contributed by atoms with Gasteiger partial charge in [-0.2, -0.15) is 0 Å². The largest absolute Gasteiger partial charge is 0.507 e. The van der Waals surface area contributed by atoms with E-state index in [-0.39, 0.29) is 17.1 Å². The molecule has 2 aromatic rings. The predicted octanol–water partition coefficient (Wildman–Crippen LogP) is 2.79. The lowest BCUT2D eigenvalue weighted by Gasteiger charge is -2.14. The summed E-state index contributed by atoms with van der Waals surface area (Å²) in [6, 6.07) is 10.5. The molecule has 2 aromatic carbocycles. The van der Waals surface area contributed by atoms with E-state index in [1.807, 2.05) is 0 Å². The van der Waals surface area contributed by atoms with Crippen molar-refractivity contribution in [2.75, 3.05) is 12.4 Å². The molecule has 2 N–H and O–H groups in total. The van der Waals surface area contributed by atoms with Crippen LogP contribution in [0.5, 0.6) is 11.5 Å². The monoisotopic (exact) mass is 357 g/mol. The van der Waals surface area contributed by atoms with Crippen molar-refractivity contribution in [3.8, 4) is 11.5 Å². The molecule has 2 rings (SSSR count). The minimum atomic E-state index is -1.10. The number of carbonyl (C=O) groups excluding carboxylic acids is 3. The van der Waals surface area contributed by atoms with Crippen LogP contribution < -0.4 is 10.1 Å². The first kappa shape index (κ1) is 19.0. The maximum absolute atomic E-state index is 12.2. The number of phenols is 1. The van der Waals surface area contributed by atoms with E-state index in [1.54, 1.807) is 24.3 Å². The zero-order chi connectivity index (χ0) is 19.3. The molecule has 0 aromatic heterocycles. The van der Waals surface area contributed by atoms with Gasteiger partial charge in [0, 0.05) is 11.3 Å². The van der Waals surface area contributed by atoms with Crippen LogP contribution >= 0.6 is 0 Å². The Balaban J connectivity index is 2.02. The highest BCUT2D eigenvalue weighted by atomic mass is 16.5. The van der Waals surface area contributed by atoms with Crippen LogP contribution in [-0.4, -0.2) is 36.0 Å². The third-order valence-corrected chi connectivity index (χ3v) is 3.64. The molecule has 0 unspecified atom stereocenters. The average molecular weight is 357 g/mol. The van der Waals surface area contributed by atoms with Gasteiger partial charge in [-0.3, -0.25) is 9.59 Å². The number of ether oxygens (including phenoxy) is 2. The molecule has 0 radical (unpaired) electrons. The van der Waals surface area contributed by atoms with Crippen molar-refractivity contribution < 1.29 is 29.0 Å². The van der Waals surface area contributed by atoms with Gasteiger partial charge in [-0.1, -0.05) is 0 Å². The van der Waals surface area contributed by atoms with Crippen molar-refractivity contribution in [2.45, 2.75) is 20.0 Å². The summed E-state index contributed by atoms with van der Waals surface area (Å²) < 4.78 is 10.1. The molecule has 0 aliphatic heterocycles. The number of methoxy groups -OCH3 is 1. The normalized spacial score (nSPS) is 11.3. The number of aromatic hydroxyl groups is 1. The molecule has 26 heavy (non-hydrogen) atoms. The molecule has 1 amide bonds. The minimum absolute atomic E-state index is 0.0803. The van der Waals surface area contributed by atoms with Crippen LogP contribution in [0.1, 0.15) is 34.6 Å². The van der Waals surface area contributed by atoms with Gasteiger partial charge in [0.05, 0.1) is 7.11 Å². The lowest BCUT2D eigenvalue weighted by atomic mass is 10.1. The van der Waals surface area contributed by atoms with E-state index in [9.17, 15) is 19.5 Å². The molecule has 0 spiro atoms. The topological polar surface area (TPSA) is 102 Å². The first-order valence-corrected chi connectivity index (χ1v) is 7.81. The number of phenolic OH excluding ortho intramolecular Hbond substituents is 1. The summed E-state index contributed by atoms with van der Waals surface area (Å²) >= 11 is 0. The van der Waals surface area contributed by atoms with Crippen LogP contribution in [0.15, 0.2) is 42.5 Å². The summed E-state index contributed by atoms with van der Waals surface area (Å²) in [6.45, 7) is 2.86. The lowest BCUT2D eigenvalue weighted by molar-refractivity contribution is -0.123. The van der Waals surface area contributed by atoms with Gasteiger partial charge in [0.15, 0.2) is 11.9 Å². The fourth-order valence-electron chi connectivity index (χ4n) is 2.12. The zero-order valence-electron chi connectivity index (χ0n) is 14.6. The SMILES string of the molecule is COc1ccc(O)c(C(=O)O[C@H](C)C(=O)Nc2ccc(C(C)=O)cc2)c1. The molecule has 7 nitrogen and oxygen atoms in total. The third kappa shape index (κ3) is 4.60. The minimum Gasteiger partial charge on any atom is -0.507 e. The van der Waals surface area contributed by atoms with Gasteiger partial charge in [-0.15, -0.1) is 0 Å². The number of carbonyl (C=O) groups is 3. The second-order valence-electron chi connectivity index (χ2n) is 5.55. The molecule has 0 saturated carbocycles. The zero-order valence-corrected chi connectivity index (χ0v) is 14.6. The van der Waals surface area contributed by atoms with Gasteiger partial charge in [0.25, 0.3) is 5.91 Å². The number of hydrogen-bond donors (Lipinski definition) is 2. The molecule has 1 atom stereocenters. The van der Waals surface area contributed by atoms with Crippen LogP contribution in [0.25, 0.3) is 0 Å². The number of Topliss-reactive ketones (excluding diaryl/α,β-unsaturated/α-hetero) is 1. The number of nitrogens with one attached hydrogen (secondary N) is 1. The van der Waals surface area contributed by atoms with Crippen molar-refractivity contribution >= 4 is 23.3 Å². The summed E-state index contributed by atoms with van der Waals surface area (Å²) in [6.07, 6.45) is -1.10. The Kier molecular flexibility index (Phi) is 5.95. The first-order chi connectivity index (χ1) is 12.3. The molecule has 7 heteroatoms. The van der Waals surface area contributed by atoms with Crippen LogP contribution in [0, 0.1) is 0 Å². The van der Waals surface area contributed by atoms with Gasteiger partial charge in [0.1, 0.15) is 17.1 Å². The average Bonchev–Trinajstić information content (AvgIpc) is 2.62. The van der Waals surface area contributed by atoms with Crippen molar-refractivity contribution in [2.24, 2.45) is 0 Å². The van der Waals surface area contributed by atoms with E-state index in [1.165, 1.54) is 39.2 Å². The summed E-state index contributed by atoms with van der Waals surface area (Å²) in [5, 5.41) is 12.4. The fraction of sp³-hybridized carbons (Fsp3) is 0.211. The Hall–Kier alpha value is -3.35. The number of amides is 1. The maximum Gasteiger partial charge on any atom is 0.342 e. The summed E-state index contributed by atoms with van der Waals surface area (Å²) in [7, 11) is 1.43. The van der Waals surface area contributed by atoms with Crippen LogP contribution in [0.4, 0.5) is 5.69 Å². The number of benzene rings is 2. The van der Waals surface area contributed by atoms with Crippen molar-refractivity contribution in [1.29, 1.82) is 0 Å². The quantitative estimate of drug-likeness (QED) is 0.609. The highest BCUT2D eigenvalue weighted by Gasteiger charge is 2.21. The maximum atomic E-state index is 12.2. The Labute approximate surface area is 150 Å². The van der Waals surface area contributed by atoms with E-state index in [2.05, 4.69) is 5.32 Å². The molecule has 0 heterocycles. The standard InChI is InChI=1S/C19H19NO6/c1-11(21)13-4-6-14(7-5-13)20-18(23)12(2)26-19(24)16-10-15(25-3)8-9-17(16)22/h4-10,12,22H,1-3H3,(H,20,23)/t12-/m1/s1. The van der Waals surface area contributed by atoms with Crippen LogP contribution in [0.2, 0.25) is 0 Å². The second-order valence-corrected chi connectivity index (χ2v) is 5.55. The van der Waals surface area contributed by atoms with E-state index < -0.39 is 18.0 Å². The Morgan fingerprint density at radius 2 is 1.73 bits per heavy atom. The van der Waals surface area contributed by atoms with E-state index in [0.29, 0.717) is 17.0 Å². The van der Waals surface area contributed by atoms with E-state index >= 15 is 0 Å². The van der Waals surface area contributed by atoms with E-state index in [0.717, 1.165) is 0 Å². The fourth-order valence-corrected chi connectivity index (χ4v) is 2.12. The molecular formula is C19H19NO6. The van der Waals surface area contributed by atoms with Gasteiger partial charge < -0.3 is 19.9 Å². The lowest BCUT2D eigenvalue weighted by Crippen LogP contribution is -2.30. The molecule has 0 bridgehead atoms. The Bertz CT molecular complexity index is 828. The molecule has 0 saturated heterocycles. The first-order valence-electron chi connectivity index (χ1n) is 7.81. The number of hydrogen-bond acceptors (Lipinski definition) is 6. The number of rotatable bonds is 6. The molecule has 0 aliphatic carbocycles. The summed E-state index contributed by atoms with van der Waals surface area (Å²) in [4.78, 5) is 35.6. The number of anilines is 1. The van der Waals surface area contributed by atoms with E-state index in [4.69, 9.17) is 9.47 Å². The summed E-state index contributed by atoms with van der Waals surface area (Å²) in [5.41, 5.74) is 0.887.